The van der Waals surface area contributed by atoms with Crippen molar-refractivity contribution in [3.8, 4) is 33.4 Å². The number of thiophene rings is 2. The molecule has 6 aromatic heterocycles. The van der Waals surface area contributed by atoms with Crippen molar-refractivity contribution in [2.75, 3.05) is 7.05 Å². The van der Waals surface area contributed by atoms with E-state index in [0.29, 0.717) is 0 Å². The summed E-state index contributed by atoms with van der Waals surface area (Å²) in [6.07, 6.45) is -0.429. The number of fused-ring (bicyclic) bond motifs is 18. The third-order valence-corrected chi connectivity index (χ3v) is 23.7. The molecule has 2 aliphatic heterocycles. The number of rotatable bonds is 9. The Morgan fingerprint density at radius 1 is 0.327 bits per heavy atom. The SMILES string of the molecule is CN1C(c2ccccc2)NC(c2ccc3c(c2)oc2cc(-c4cccc5c4oc4ccc(-c6ccc7c(c6)sc6cc(C8NC(c9ccccc9)=[N+]8c8ccc9c(c8)oc8c(-c%10cccc%11c%10oc%10ccccc%10%11)cccc89)ccc67)cc45)ccc23)NC1c1cccc2c1sc1ccccc12. The summed E-state index contributed by atoms with van der Waals surface area (Å²) >= 11 is 3.72. The molecule has 0 spiro atoms. The minimum absolute atomic E-state index is 0.0563. The van der Waals surface area contributed by atoms with E-state index < -0.39 is 0 Å². The van der Waals surface area contributed by atoms with Gasteiger partial charge in [-0.25, -0.2) is 5.32 Å². The second-order valence-electron chi connectivity index (χ2n) is 27.0. The van der Waals surface area contributed by atoms with Gasteiger partial charge >= 0.3 is 0 Å². The van der Waals surface area contributed by atoms with Crippen LogP contribution in [0.25, 0.3) is 161 Å². The van der Waals surface area contributed by atoms with Crippen molar-refractivity contribution in [3.63, 3.8) is 0 Å². The van der Waals surface area contributed by atoms with Gasteiger partial charge in [0.15, 0.2) is 0 Å². The Morgan fingerprint density at radius 3 is 1.69 bits per heavy atom. The summed E-state index contributed by atoms with van der Waals surface area (Å²) in [7, 11) is 2.21. The van der Waals surface area contributed by atoms with E-state index in [1.807, 2.05) is 34.8 Å². The number of benzene rings is 14. The molecule has 2 aliphatic rings. The minimum atomic E-state index is -0.177. The molecular formula is C90H58N5O4S2+. The average Bonchev–Trinajstić information content (AvgIpc) is 1.69. The molecule has 11 heteroatoms. The molecule has 9 nitrogen and oxygen atoms in total. The summed E-state index contributed by atoms with van der Waals surface area (Å²) in [5.41, 5.74) is 20.1. The summed E-state index contributed by atoms with van der Waals surface area (Å²) in [5, 5.41) is 25.7. The summed E-state index contributed by atoms with van der Waals surface area (Å²) < 4.78 is 34.7. The molecule has 14 aromatic carbocycles. The monoisotopic (exact) mass is 1340 g/mol. The average molecular weight is 1340 g/mol. The highest BCUT2D eigenvalue weighted by molar-refractivity contribution is 7.26. The summed E-state index contributed by atoms with van der Waals surface area (Å²) in [6.45, 7) is 0. The Balaban J connectivity index is 0.562. The number of hydrogen-bond donors (Lipinski definition) is 3. The molecule has 1 saturated heterocycles. The maximum atomic E-state index is 6.95. The molecule has 20 aromatic rings. The highest BCUT2D eigenvalue weighted by Gasteiger charge is 2.42. The van der Waals surface area contributed by atoms with Crippen molar-refractivity contribution in [3.05, 3.63) is 319 Å². The lowest BCUT2D eigenvalue weighted by atomic mass is 9.98. The van der Waals surface area contributed by atoms with Crippen molar-refractivity contribution in [1.82, 2.24) is 20.9 Å². The van der Waals surface area contributed by atoms with Crippen molar-refractivity contribution in [2.45, 2.75) is 24.7 Å². The summed E-state index contributed by atoms with van der Waals surface area (Å²) in [6, 6.07) is 105. The zero-order valence-electron chi connectivity index (χ0n) is 54.4. The normalized spacial score (nSPS) is 16.9. The first-order chi connectivity index (χ1) is 49.9. The van der Waals surface area contributed by atoms with Gasteiger partial charge in [-0.2, -0.15) is 4.58 Å². The zero-order chi connectivity index (χ0) is 66.1. The van der Waals surface area contributed by atoms with Gasteiger partial charge in [-0.1, -0.05) is 200 Å². The van der Waals surface area contributed by atoms with Crippen LogP contribution in [0, 0.1) is 0 Å². The van der Waals surface area contributed by atoms with E-state index in [4.69, 9.17) is 17.7 Å². The second kappa shape index (κ2) is 22.0. The third kappa shape index (κ3) is 8.81. The van der Waals surface area contributed by atoms with Gasteiger partial charge in [0.25, 0.3) is 12.0 Å². The van der Waals surface area contributed by atoms with Gasteiger partial charge in [0.1, 0.15) is 50.4 Å². The van der Waals surface area contributed by atoms with Gasteiger partial charge in [-0.15, -0.1) is 22.7 Å². The molecule has 0 saturated carbocycles. The van der Waals surface area contributed by atoms with Crippen LogP contribution in [-0.4, -0.2) is 22.4 Å². The minimum Gasteiger partial charge on any atom is -0.456 e. The fraction of sp³-hybridized carbons (Fsp3) is 0.0556. The molecule has 101 heavy (non-hydrogen) atoms. The molecule has 22 rings (SSSR count). The van der Waals surface area contributed by atoms with E-state index in [0.717, 1.165) is 144 Å². The Kier molecular flexibility index (Phi) is 12.4. The lowest BCUT2D eigenvalue weighted by Crippen LogP contribution is -2.54. The van der Waals surface area contributed by atoms with Gasteiger partial charge in [-0.05, 0) is 120 Å². The number of nitrogens with zero attached hydrogens (tertiary/aromatic N) is 2. The first-order valence-electron chi connectivity index (χ1n) is 34.3. The Bertz CT molecular complexity index is 6890. The van der Waals surface area contributed by atoms with Gasteiger partial charge in [0, 0.05) is 117 Å². The smallest absolute Gasteiger partial charge is 0.289 e. The highest BCUT2D eigenvalue weighted by atomic mass is 32.1. The zero-order valence-corrected chi connectivity index (χ0v) is 56.0. The van der Waals surface area contributed by atoms with Crippen LogP contribution >= 0.6 is 22.7 Å². The van der Waals surface area contributed by atoms with Crippen LogP contribution < -0.4 is 16.0 Å². The lowest BCUT2D eigenvalue weighted by molar-refractivity contribution is -0.531. The van der Waals surface area contributed by atoms with Crippen molar-refractivity contribution < 1.29 is 22.2 Å². The molecular weight excluding hydrogens is 1280 g/mol. The fourth-order valence-electron chi connectivity index (χ4n) is 16.5. The standard InChI is InChI=1S/C90H57N5O4S2/c1-94-87(50-16-4-2-5-17-50)91-86(92-90(94)72-29-15-28-71-63-21-9-11-31-79(63)101-85(71)72)55-34-39-61-60-38-33-54(45-76(60)96-77(61)46-55)58-22-12-27-70-73-44-52(36-43-75(73)98-82(58)70)53-32-40-64-65-41-35-56(48-81(65)100-80(64)47-53)89-93-88(51-18-6-3-7-19-51)95(89)57-37-42-62-67-24-14-26-69(84(67)99-78(62)49-57)68-25-13-23-66-59-20-8-10-30-74(59)97-83(66)68/h2-49,86-87,89-92H,1H3/p+1. The van der Waals surface area contributed by atoms with E-state index in [2.05, 4.69) is 312 Å². The van der Waals surface area contributed by atoms with Crippen LogP contribution in [0.2, 0.25) is 0 Å². The van der Waals surface area contributed by atoms with E-state index in [1.54, 1.807) is 0 Å². The Labute approximate surface area is 585 Å². The van der Waals surface area contributed by atoms with Crippen molar-refractivity contribution in [2.24, 2.45) is 0 Å². The lowest BCUT2D eigenvalue weighted by Gasteiger charge is -2.45. The molecule has 1 fully saturated rings. The predicted molar refractivity (Wildman–Crippen MR) is 416 cm³/mol. The molecule has 0 bridgehead atoms. The number of para-hydroxylation sites is 4. The largest absolute Gasteiger partial charge is 0.456 e. The maximum Gasteiger partial charge on any atom is 0.289 e. The molecule has 3 N–H and O–H groups in total. The van der Waals surface area contributed by atoms with Crippen LogP contribution in [0.4, 0.5) is 5.69 Å². The fourth-order valence-corrected chi connectivity index (χ4v) is 18.9. The molecule has 0 amide bonds. The molecule has 8 heterocycles. The number of furan rings is 4. The topological polar surface area (TPSA) is 94.9 Å². The van der Waals surface area contributed by atoms with Gasteiger partial charge in [0.2, 0.25) is 0 Å². The molecule has 478 valence electrons. The number of nitrogens with one attached hydrogen (secondary N) is 3. The highest BCUT2D eigenvalue weighted by Crippen LogP contribution is 2.48. The molecule has 0 radical (unpaired) electrons. The van der Waals surface area contributed by atoms with Gasteiger partial charge in [0.05, 0.1) is 24.1 Å². The van der Waals surface area contributed by atoms with Crippen molar-refractivity contribution in [1.29, 1.82) is 0 Å². The van der Waals surface area contributed by atoms with E-state index in [-0.39, 0.29) is 24.7 Å². The van der Waals surface area contributed by atoms with Gasteiger partial charge < -0.3 is 17.7 Å². The third-order valence-electron chi connectivity index (χ3n) is 21.4. The summed E-state index contributed by atoms with van der Waals surface area (Å²) in [5.74, 6) is 1.05. The second-order valence-corrected chi connectivity index (χ2v) is 29.1. The summed E-state index contributed by atoms with van der Waals surface area (Å²) in [4.78, 5) is 2.42. The number of amidine groups is 1. The molecule has 4 unspecified atom stereocenters. The number of hydrogen-bond acceptors (Lipinski definition) is 10. The molecule has 4 atom stereocenters. The van der Waals surface area contributed by atoms with Gasteiger partial charge in [-0.3, -0.25) is 15.5 Å². The molecule has 0 aliphatic carbocycles. The first kappa shape index (κ1) is 57.0. The van der Waals surface area contributed by atoms with Crippen molar-refractivity contribution >= 4 is 162 Å². The predicted octanol–water partition coefficient (Wildman–Crippen LogP) is 23.9. The van der Waals surface area contributed by atoms with E-state index in [1.165, 1.54) is 57.0 Å². The van der Waals surface area contributed by atoms with Crippen LogP contribution in [0.3, 0.4) is 0 Å². The van der Waals surface area contributed by atoms with Crippen LogP contribution in [0.5, 0.6) is 0 Å². The quantitative estimate of drug-likeness (QED) is 0.123. The van der Waals surface area contributed by atoms with Crippen LogP contribution in [0.1, 0.15) is 52.5 Å². The van der Waals surface area contributed by atoms with Crippen LogP contribution in [0.15, 0.2) is 309 Å². The van der Waals surface area contributed by atoms with E-state index >= 15 is 0 Å². The Hall–Kier alpha value is -11.9. The van der Waals surface area contributed by atoms with E-state index in [9.17, 15) is 0 Å². The maximum absolute atomic E-state index is 6.95. The first-order valence-corrected chi connectivity index (χ1v) is 36.0. The van der Waals surface area contributed by atoms with Crippen LogP contribution in [-0.2, 0) is 0 Å². The Morgan fingerprint density at radius 2 is 0.871 bits per heavy atom.